The molecule has 0 aliphatic carbocycles. The molecule has 6 aromatic heterocycles. The molecule has 0 aliphatic rings. The number of benzene rings is 7. The predicted molar refractivity (Wildman–Crippen MR) is 236 cm³/mol. The lowest BCUT2D eigenvalue weighted by Crippen LogP contribution is -1.93. The summed E-state index contributed by atoms with van der Waals surface area (Å²) in [6.45, 7) is 0. The van der Waals surface area contributed by atoms with Crippen LogP contribution in [0.4, 0.5) is 0 Å². The molecule has 13 aromatic rings. The smallest absolute Gasteiger partial charge is 0.147 e. The first-order chi connectivity index (χ1) is 28.8. The highest BCUT2D eigenvalue weighted by Gasteiger charge is 2.27. The fourth-order valence-electron chi connectivity index (χ4n) is 9.48. The van der Waals surface area contributed by atoms with Gasteiger partial charge in [-0.15, -0.1) is 0 Å². The van der Waals surface area contributed by atoms with Crippen molar-refractivity contribution >= 4 is 87.5 Å². The number of nitrogens with zero attached hydrogens (tertiary/aromatic N) is 4. The maximum absolute atomic E-state index is 7.16. The van der Waals surface area contributed by atoms with Gasteiger partial charge >= 0.3 is 0 Å². The number of rotatable bonds is 4. The zero-order valence-corrected chi connectivity index (χ0v) is 30.9. The third-order valence-electron chi connectivity index (χ3n) is 11.9. The molecule has 0 amide bonds. The second-order valence-electron chi connectivity index (χ2n) is 14.9. The number of hydrogen-bond donors (Lipinski definition) is 0. The fourth-order valence-corrected chi connectivity index (χ4v) is 9.48. The lowest BCUT2D eigenvalue weighted by Gasteiger charge is -2.13. The van der Waals surface area contributed by atoms with Crippen molar-refractivity contribution in [1.82, 2.24) is 19.1 Å². The van der Waals surface area contributed by atoms with Gasteiger partial charge < -0.3 is 18.0 Å². The summed E-state index contributed by atoms with van der Waals surface area (Å²) in [4.78, 5) is 9.05. The molecule has 0 N–H and O–H groups in total. The predicted octanol–water partition coefficient (Wildman–Crippen LogP) is 13.8. The minimum Gasteiger partial charge on any atom is -0.455 e. The van der Waals surface area contributed by atoms with Gasteiger partial charge in [-0.3, -0.25) is 9.97 Å². The summed E-state index contributed by atoms with van der Waals surface area (Å²) < 4.78 is 18.9. The lowest BCUT2D eigenvalue weighted by molar-refractivity contribution is 0.663. The molecular weight excluding hydrogens is 713 g/mol. The van der Waals surface area contributed by atoms with Crippen molar-refractivity contribution in [2.75, 3.05) is 0 Å². The van der Waals surface area contributed by atoms with Crippen LogP contribution in [0.15, 0.2) is 191 Å². The second-order valence-corrected chi connectivity index (χ2v) is 14.9. The number of aromatic nitrogens is 4. The molecule has 13 rings (SSSR count). The molecule has 6 heterocycles. The van der Waals surface area contributed by atoms with Crippen LogP contribution in [0.1, 0.15) is 0 Å². The van der Waals surface area contributed by atoms with Crippen molar-refractivity contribution in [2.24, 2.45) is 0 Å². The molecule has 6 nitrogen and oxygen atoms in total. The summed E-state index contributed by atoms with van der Waals surface area (Å²) in [5.74, 6) is 0. The first-order valence-electron chi connectivity index (χ1n) is 19.5. The van der Waals surface area contributed by atoms with Crippen LogP contribution in [-0.2, 0) is 0 Å². The van der Waals surface area contributed by atoms with E-state index in [2.05, 4.69) is 177 Å². The Morgan fingerprint density at radius 1 is 0.362 bits per heavy atom. The fraction of sp³-hybridized carbons (Fsp3) is 0. The average Bonchev–Trinajstić information content (AvgIpc) is 4.04. The molecule has 0 fully saturated rings. The summed E-state index contributed by atoms with van der Waals surface area (Å²) in [6, 6.07) is 55.6. The highest BCUT2D eigenvalue weighted by molar-refractivity contribution is 6.31. The molecular formula is C52H30N4O2. The van der Waals surface area contributed by atoms with Gasteiger partial charge in [-0.2, -0.15) is 0 Å². The van der Waals surface area contributed by atoms with Gasteiger partial charge in [0, 0.05) is 84.7 Å². The number of pyridine rings is 2. The SMILES string of the molecule is c1ccc(-c2c(-c3ccccc3)c3c4ccc(-n5c6ccccc6c6ccncc65)cc4oc3c3c2oc2cc(-n4c5ccccc5c5ccncc54)ccc23)cc1. The van der Waals surface area contributed by atoms with Crippen LogP contribution in [0, 0.1) is 0 Å². The van der Waals surface area contributed by atoms with E-state index in [1.807, 2.05) is 24.8 Å². The number of furan rings is 2. The van der Waals surface area contributed by atoms with Gasteiger partial charge in [0.05, 0.1) is 39.8 Å². The largest absolute Gasteiger partial charge is 0.455 e. The summed E-state index contributed by atoms with van der Waals surface area (Å²) in [5, 5.41) is 8.75. The molecule has 0 saturated carbocycles. The van der Waals surface area contributed by atoms with E-state index in [9.17, 15) is 0 Å². The molecule has 0 radical (unpaired) electrons. The van der Waals surface area contributed by atoms with Crippen LogP contribution in [0.2, 0.25) is 0 Å². The van der Waals surface area contributed by atoms with Gasteiger partial charge in [0.2, 0.25) is 0 Å². The third-order valence-corrected chi connectivity index (χ3v) is 11.9. The summed E-state index contributed by atoms with van der Waals surface area (Å²) >= 11 is 0. The van der Waals surface area contributed by atoms with Crippen LogP contribution in [-0.4, -0.2) is 19.1 Å². The Morgan fingerprint density at radius 2 is 0.828 bits per heavy atom. The van der Waals surface area contributed by atoms with Crippen molar-refractivity contribution in [3.05, 3.63) is 183 Å². The maximum Gasteiger partial charge on any atom is 0.147 e. The Morgan fingerprint density at radius 3 is 1.40 bits per heavy atom. The molecule has 0 unspecified atom stereocenters. The van der Waals surface area contributed by atoms with Gasteiger partial charge in [0.1, 0.15) is 22.3 Å². The topological polar surface area (TPSA) is 61.9 Å². The number of fused-ring (bicyclic) bond motifs is 13. The molecule has 270 valence electrons. The van der Waals surface area contributed by atoms with Crippen LogP contribution in [0.25, 0.3) is 121 Å². The zero-order valence-electron chi connectivity index (χ0n) is 30.9. The van der Waals surface area contributed by atoms with E-state index in [-0.39, 0.29) is 0 Å². The van der Waals surface area contributed by atoms with E-state index in [1.54, 1.807) is 0 Å². The van der Waals surface area contributed by atoms with Gasteiger partial charge in [0.25, 0.3) is 0 Å². The molecule has 7 aromatic carbocycles. The average molecular weight is 743 g/mol. The van der Waals surface area contributed by atoms with E-state index < -0.39 is 0 Å². The zero-order chi connectivity index (χ0) is 37.9. The Labute approximate surface area is 330 Å². The highest BCUT2D eigenvalue weighted by atomic mass is 16.3. The van der Waals surface area contributed by atoms with E-state index >= 15 is 0 Å². The second kappa shape index (κ2) is 11.8. The quantitative estimate of drug-likeness (QED) is 0.180. The Balaban J connectivity index is 1.15. The van der Waals surface area contributed by atoms with Crippen molar-refractivity contribution in [2.45, 2.75) is 0 Å². The van der Waals surface area contributed by atoms with Crippen LogP contribution >= 0.6 is 0 Å². The van der Waals surface area contributed by atoms with Crippen LogP contribution in [0.3, 0.4) is 0 Å². The van der Waals surface area contributed by atoms with Crippen LogP contribution < -0.4 is 0 Å². The van der Waals surface area contributed by atoms with Crippen molar-refractivity contribution in [1.29, 1.82) is 0 Å². The van der Waals surface area contributed by atoms with E-state index in [0.29, 0.717) is 0 Å². The molecule has 0 spiro atoms. The Hall–Kier alpha value is -7.96. The van der Waals surface area contributed by atoms with Gasteiger partial charge in [-0.1, -0.05) is 97.1 Å². The third kappa shape index (κ3) is 4.26. The van der Waals surface area contributed by atoms with Gasteiger partial charge in [-0.25, -0.2) is 0 Å². The number of hydrogen-bond acceptors (Lipinski definition) is 4. The maximum atomic E-state index is 7.16. The van der Waals surface area contributed by atoms with Crippen LogP contribution in [0.5, 0.6) is 0 Å². The first kappa shape index (κ1) is 31.3. The molecule has 0 aliphatic heterocycles. The van der Waals surface area contributed by atoms with Crippen molar-refractivity contribution in [3.8, 4) is 33.6 Å². The van der Waals surface area contributed by atoms with E-state index in [4.69, 9.17) is 8.83 Å². The highest BCUT2D eigenvalue weighted by Crippen LogP contribution is 2.51. The monoisotopic (exact) mass is 742 g/mol. The minimum absolute atomic E-state index is 0.782. The summed E-state index contributed by atoms with van der Waals surface area (Å²) in [5.41, 5.74) is 13.8. The number of para-hydroxylation sites is 2. The summed E-state index contributed by atoms with van der Waals surface area (Å²) in [6.07, 6.45) is 7.61. The molecule has 0 bridgehead atoms. The summed E-state index contributed by atoms with van der Waals surface area (Å²) in [7, 11) is 0. The van der Waals surface area contributed by atoms with E-state index in [1.165, 1.54) is 10.8 Å². The first-order valence-corrected chi connectivity index (χ1v) is 19.5. The van der Waals surface area contributed by atoms with Crippen molar-refractivity contribution < 1.29 is 8.83 Å². The Kier molecular flexibility index (Phi) is 6.35. The normalized spacial score (nSPS) is 12.1. The Bertz CT molecular complexity index is 3690. The van der Waals surface area contributed by atoms with Crippen molar-refractivity contribution in [3.63, 3.8) is 0 Å². The van der Waals surface area contributed by atoms with E-state index in [0.717, 1.165) is 110 Å². The van der Waals surface area contributed by atoms with Gasteiger partial charge in [-0.05, 0) is 59.7 Å². The molecule has 0 saturated heterocycles. The molecule has 0 atom stereocenters. The standard InChI is InChI=1S/C52H30N4O2/c1-3-11-31(12-4-1)47-48(32-13-5-2-6-14-32)51-50(40-22-20-34(28-46(40)57-51)56-42-18-10-8-16-36(42)38-24-26-54-30-44(38)56)52-49(47)39-21-19-33(27-45(39)58-52)55-41-17-9-7-15-35(41)37-23-25-53-29-43(37)55/h1-30H. The molecule has 6 heteroatoms. The molecule has 58 heavy (non-hydrogen) atoms. The lowest BCUT2D eigenvalue weighted by atomic mass is 9.88. The minimum atomic E-state index is 0.782. The van der Waals surface area contributed by atoms with Gasteiger partial charge in [0.15, 0.2) is 0 Å².